The second-order valence-corrected chi connectivity index (χ2v) is 15.6. The average Bonchev–Trinajstić information content (AvgIpc) is 3.85. The van der Waals surface area contributed by atoms with Crippen molar-refractivity contribution in [1.29, 1.82) is 0 Å². The molecule has 0 fully saturated rings. The van der Waals surface area contributed by atoms with E-state index < -0.39 is 0 Å². The van der Waals surface area contributed by atoms with Crippen molar-refractivity contribution >= 4 is 103 Å². The molecule has 4 heterocycles. The standard InChI is InChI=1S/C51H31N3OS/c1-2-12-31(13-3-1)42-24-25-43(53-51(52-42)34-22-23-38-37-17-8-11-21-48(37)56-49(38)28-34)41-29-35(30-47-50(41)39-18-7-10-20-46(39)55-47)54-44-19-9-6-16-36(44)40-26-32-14-4-5-15-33(32)27-45(40)54/h1-24,26-30H,25H2. The molecule has 56 heavy (non-hydrogen) atoms. The monoisotopic (exact) mass is 733 g/mol. The SMILES string of the molecule is C1=C(c2ccccc2)N=C(c2ccc3c(c2)sc2ccccc23)N=C(c2cc(-n3c4ccccc4c4cc5ccccc5cc43)cc3oc4ccccc4c23)C1. The fourth-order valence-corrected chi connectivity index (χ4v) is 9.78. The van der Waals surface area contributed by atoms with Crippen molar-refractivity contribution < 1.29 is 4.42 Å². The molecule has 0 bridgehead atoms. The highest BCUT2D eigenvalue weighted by molar-refractivity contribution is 7.25. The molecule has 0 saturated heterocycles. The molecule has 0 unspecified atom stereocenters. The van der Waals surface area contributed by atoms with Crippen LogP contribution in [0.1, 0.15) is 23.1 Å². The zero-order valence-electron chi connectivity index (χ0n) is 30.1. The molecule has 12 rings (SSSR count). The maximum atomic E-state index is 6.71. The highest BCUT2D eigenvalue weighted by Crippen LogP contribution is 2.40. The minimum atomic E-state index is 0.595. The molecule has 5 heteroatoms. The predicted octanol–water partition coefficient (Wildman–Crippen LogP) is 13.9. The Hall–Kier alpha value is -7.08. The summed E-state index contributed by atoms with van der Waals surface area (Å²) in [6.07, 6.45) is 2.82. The van der Waals surface area contributed by atoms with Gasteiger partial charge in [-0.1, -0.05) is 127 Å². The molecular formula is C51H31N3OS. The molecule has 1 aliphatic heterocycles. The summed E-state index contributed by atoms with van der Waals surface area (Å²) in [4.78, 5) is 10.9. The fourth-order valence-electron chi connectivity index (χ4n) is 8.64. The van der Waals surface area contributed by atoms with E-state index >= 15 is 0 Å². The van der Waals surface area contributed by atoms with Crippen molar-refractivity contribution in [2.45, 2.75) is 6.42 Å². The molecule has 4 nitrogen and oxygen atoms in total. The molecule has 11 aromatic rings. The molecule has 0 amide bonds. The van der Waals surface area contributed by atoms with Gasteiger partial charge in [0.1, 0.15) is 11.2 Å². The topological polar surface area (TPSA) is 42.8 Å². The zero-order valence-corrected chi connectivity index (χ0v) is 30.9. The smallest absolute Gasteiger partial charge is 0.160 e. The summed E-state index contributed by atoms with van der Waals surface area (Å²) in [5, 5.41) is 9.53. The van der Waals surface area contributed by atoms with E-state index in [9.17, 15) is 0 Å². The van der Waals surface area contributed by atoms with Gasteiger partial charge in [-0.15, -0.1) is 11.3 Å². The molecule has 0 radical (unpaired) electrons. The average molecular weight is 734 g/mol. The van der Waals surface area contributed by atoms with Crippen molar-refractivity contribution in [3.05, 3.63) is 193 Å². The Labute approximate surface area is 325 Å². The van der Waals surface area contributed by atoms with Crippen LogP contribution in [-0.4, -0.2) is 16.1 Å². The Bertz CT molecular complexity index is 3510. The van der Waals surface area contributed by atoms with Gasteiger partial charge in [0.25, 0.3) is 0 Å². The molecule has 8 aromatic carbocycles. The van der Waals surface area contributed by atoms with Crippen LogP contribution in [-0.2, 0) is 0 Å². The minimum Gasteiger partial charge on any atom is -0.456 e. The fraction of sp³-hybridized carbons (Fsp3) is 0.0196. The third kappa shape index (κ3) is 4.84. The molecule has 262 valence electrons. The Balaban J connectivity index is 1.13. The highest BCUT2D eigenvalue weighted by atomic mass is 32.1. The third-order valence-electron chi connectivity index (χ3n) is 11.2. The number of para-hydroxylation sites is 2. The number of thiophene rings is 1. The normalized spacial score (nSPS) is 13.6. The summed E-state index contributed by atoms with van der Waals surface area (Å²) in [6, 6.07) is 60.5. The summed E-state index contributed by atoms with van der Waals surface area (Å²) in [5.41, 5.74) is 9.95. The Morgan fingerprint density at radius 3 is 2.12 bits per heavy atom. The maximum Gasteiger partial charge on any atom is 0.160 e. The van der Waals surface area contributed by atoms with Gasteiger partial charge < -0.3 is 8.98 Å². The number of hydrogen-bond donors (Lipinski definition) is 0. The van der Waals surface area contributed by atoms with Gasteiger partial charge in [0.2, 0.25) is 0 Å². The molecule has 0 spiro atoms. The van der Waals surface area contributed by atoms with Crippen molar-refractivity contribution in [3.8, 4) is 5.69 Å². The van der Waals surface area contributed by atoms with E-state index in [4.69, 9.17) is 14.4 Å². The molecule has 0 aliphatic carbocycles. The number of amidine groups is 1. The number of benzene rings is 8. The molecular weight excluding hydrogens is 703 g/mol. The van der Waals surface area contributed by atoms with Gasteiger partial charge in [0.05, 0.1) is 28.1 Å². The number of allylic oxidation sites excluding steroid dienone is 1. The number of rotatable bonds is 4. The molecule has 1 aliphatic rings. The minimum absolute atomic E-state index is 0.595. The van der Waals surface area contributed by atoms with Gasteiger partial charge in [-0.2, -0.15) is 0 Å². The number of nitrogens with zero attached hydrogens (tertiary/aromatic N) is 3. The zero-order chi connectivity index (χ0) is 36.7. The lowest BCUT2D eigenvalue weighted by molar-refractivity contribution is 0.668. The first-order chi connectivity index (χ1) is 27.7. The number of aromatic nitrogens is 1. The maximum absolute atomic E-state index is 6.71. The van der Waals surface area contributed by atoms with E-state index in [-0.39, 0.29) is 0 Å². The summed E-state index contributed by atoms with van der Waals surface area (Å²) in [5.74, 6) is 0.696. The van der Waals surface area contributed by atoms with Crippen LogP contribution in [0, 0.1) is 0 Å². The van der Waals surface area contributed by atoms with Gasteiger partial charge in [0.15, 0.2) is 5.84 Å². The van der Waals surface area contributed by atoms with Gasteiger partial charge >= 0.3 is 0 Å². The van der Waals surface area contributed by atoms with Crippen LogP contribution in [0.15, 0.2) is 190 Å². The van der Waals surface area contributed by atoms with Gasteiger partial charge in [-0.3, -0.25) is 0 Å². The summed E-state index contributed by atoms with van der Waals surface area (Å²) < 4.78 is 11.6. The van der Waals surface area contributed by atoms with Crippen molar-refractivity contribution in [1.82, 2.24) is 4.57 Å². The summed E-state index contributed by atoms with van der Waals surface area (Å²) in [7, 11) is 0. The molecule has 0 N–H and O–H groups in total. The van der Waals surface area contributed by atoms with Crippen molar-refractivity contribution in [2.75, 3.05) is 0 Å². The quantitative estimate of drug-likeness (QED) is 0.178. The number of aliphatic imine (C=N–C) groups is 2. The first-order valence-corrected chi connectivity index (χ1v) is 19.8. The van der Waals surface area contributed by atoms with Crippen molar-refractivity contribution in [2.24, 2.45) is 9.98 Å². The largest absolute Gasteiger partial charge is 0.456 e. The van der Waals surface area contributed by atoms with Gasteiger partial charge in [-0.25, -0.2) is 9.98 Å². The van der Waals surface area contributed by atoms with E-state index in [1.54, 1.807) is 0 Å². The van der Waals surface area contributed by atoms with E-state index in [0.29, 0.717) is 12.3 Å². The lowest BCUT2D eigenvalue weighted by atomic mass is 9.98. The van der Waals surface area contributed by atoms with Crippen LogP contribution >= 0.6 is 11.3 Å². The molecule has 0 saturated carbocycles. The van der Waals surface area contributed by atoms with Crippen LogP contribution in [0.2, 0.25) is 0 Å². The second-order valence-electron chi connectivity index (χ2n) is 14.5. The first-order valence-electron chi connectivity index (χ1n) is 18.9. The van der Waals surface area contributed by atoms with Crippen LogP contribution in [0.25, 0.3) is 86.1 Å². The van der Waals surface area contributed by atoms with E-state index in [1.807, 2.05) is 23.5 Å². The van der Waals surface area contributed by atoms with Gasteiger partial charge in [0, 0.05) is 65.3 Å². The molecule has 3 aromatic heterocycles. The number of hydrogen-bond acceptors (Lipinski definition) is 4. The van der Waals surface area contributed by atoms with Crippen LogP contribution in [0.5, 0.6) is 0 Å². The highest BCUT2D eigenvalue weighted by Gasteiger charge is 2.22. The number of fused-ring (bicyclic) bond motifs is 10. The lowest BCUT2D eigenvalue weighted by Gasteiger charge is -2.13. The Morgan fingerprint density at radius 2 is 1.23 bits per heavy atom. The summed E-state index contributed by atoms with van der Waals surface area (Å²) in [6.45, 7) is 0. The predicted molar refractivity (Wildman–Crippen MR) is 237 cm³/mol. The third-order valence-corrected chi connectivity index (χ3v) is 12.4. The summed E-state index contributed by atoms with van der Waals surface area (Å²) >= 11 is 1.81. The van der Waals surface area contributed by atoms with E-state index in [0.717, 1.165) is 66.8 Å². The Kier molecular flexibility index (Phi) is 6.83. The van der Waals surface area contributed by atoms with Gasteiger partial charge in [-0.05, 0) is 58.8 Å². The van der Waals surface area contributed by atoms with Crippen LogP contribution < -0.4 is 0 Å². The Morgan fingerprint density at radius 1 is 0.500 bits per heavy atom. The van der Waals surface area contributed by atoms with E-state index in [2.05, 4.69) is 168 Å². The lowest BCUT2D eigenvalue weighted by Crippen LogP contribution is -2.07. The van der Waals surface area contributed by atoms with Crippen LogP contribution in [0.3, 0.4) is 0 Å². The first kappa shape index (κ1) is 31.3. The van der Waals surface area contributed by atoms with Crippen molar-refractivity contribution in [3.63, 3.8) is 0 Å². The molecule has 0 atom stereocenters. The number of furan rings is 1. The van der Waals surface area contributed by atoms with E-state index in [1.165, 1.54) is 41.7 Å². The second kappa shape index (κ2) is 12.2. The van der Waals surface area contributed by atoms with Crippen LogP contribution in [0.4, 0.5) is 0 Å².